The Morgan fingerprint density at radius 2 is 2.26 bits per heavy atom. The fourth-order valence-corrected chi connectivity index (χ4v) is 6.04. The van der Waals surface area contributed by atoms with E-state index in [1.807, 2.05) is 0 Å². The molecular weight excluding hydrogens is 466 g/mol. The average Bonchev–Trinajstić information content (AvgIpc) is 3.36. The van der Waals surface area contributed by atoms with Crippen molar-refractivity contribution in [3.63, 3.8) is 0 Å². The molecule has 4 heterocycles. The third-order valence-electron chi connectivity index (χ3n) is 4.65. The Hall–Kier alpha value is -2.69. The summed E-state index contributed by atoms with van der Waals surface area (Å²) in [7, 11) is 1.68. The highest BCUT2D eigenvalue weighted by molar-refractivity contribution is 8.01. The third-order valence-corrected chi connectivity index (χ3v) is 7.77. The van der Waals surface area contributed by atoms with Crippen LogP contribution in [0.2, 0.25) is 0 Å². The Balaban J connectivity index is 1.46. The van der Waals surface area contributed by atoms with Crippen LogP contribution >= 0.6 is 34.9 Å². The second-order valence-electron chi connectivity index (χ2n) is 6.62. The van der Waals surface area contributed by atoms with Gasteiger partial charge in [-0.3, -0.25) is 14.5 Å². The minimum atomic E-state index is -1.20. The molecule has 6 N–H and O–H groups in total. The fraction of sp³-hybridized carbons (Fsp3) is 0.400. The number of nitrogens with zero attached hydrogens (tertiary/aromatic N) is 6. The molecule has 0 bridgehead atoms. The first-order valence-corrected chi connectivity index (χ1v) is 11.7. The standard InChI is InChI=1S/C15H17N9O4S3/c1-23-15(20-21-22-23)31-3-5-2-29-12-8(11(26)24(12)9(5)13(27)28)19-10(25)7(16)6-4-30-14(17)18-6/h4,7-8,12H,2-3,16H2,1H3,(H2,17,18)(H,19,25)(H,27,28)/t7?,8-,12-/m1/s1. The molecule has 0 aromatic carbocycles. The molecule has 1 saturated heterocycles. The van der Waals surface area contributed by atoms with Gasteiger partial charge in [0.15, 0.2) is 5.13 Å². The van der Waals surface area contributed by atoms with Crippen molar-refractivity contribution in [1.29, 1.82) is 0 Å². The van der Waals surface area contributed by atoms with Crippen molar-refractivity contribution in [3.05, 3.63) is 22.3 Å². The Labute approximate surface area is 187 Å². The highest BCUT2D eigenvalue weighted by Crippen LogP contribution is 2.41. The van der Waals surface area contributed by atoms with Crippen LogP contribution in [0.3, 0.4) is 0 Å². The number of nitrogens with one attached hydrogen (secondary N) is 1. The normalized spacial score (nSPS) is 21.5. The summed E-state index contributed by atoms with van der Waals surface area (Å²) in [5.74, 6) is -1.59. The van der Waals surface area contributed by atoms with Gasteiger partial charge < -0.3 is 21.9 Å². The summed E-state index contributed by atoms with van der Waals surface area (Å²) in [5, 5.41) is 25.3. The van der Waals surface area contributed by atoms with E-state index in [1.165, 1.54) is 33.1 Å². The number of rotatable bonds is 7. The fourth-order valence-electron chi connectivity index (χ4n) is 3.11. The van der Waals surface area contributed by atoms with Crippen molar-refractivity contribution in [2.24, 2.45) is 12.8 Å². The summed E-state index contributed by atoms with van der Waals surface area (Å²) in [6.45, 7) is 0. The number of hydrogen-bond acceptors (Lipinski definition) is 12. The van der Waals surface area contributed by atoms with Crippen molar-refractivity contribution < 1.29 is 19.5 Å². The number of aliphatic carboxylic acids is 1. The molecular formula is C15H17N9O4S3. The zero-order valence-corrected chi connectivity index (χ0v) is 18.4. The van der Waals surface area contributed by atoms with Crippen LogP contribution in [0.1, 0.15) is 11.7 Å². The van der Waals surface area contributed by atoms with E-state index >= 15 is 0 Å². The quantitative estimate of drug-likeness (QED) is 0.271. The molecule has 164 valence electrons. The number of aromatic nitrogens is 5. The molecule has 1 fully saturated rings. The van der Waals surface area contributed by atoms with Crippen LogP contribution in [-0.4, -0.2) is 75.9 Å². The number of fused-ring (bicyclic) bond motifs is 1. The highest BCUT2D eigenvalue weighted by atomic mass is 32.2. The summed E-state index contributed by atoms with van der Waals surface area (Å²) >= 11 is 3.80. The number of carboxylic acids is 1. The molecule has 1 unspecified atom stereocenters. The van der Waals surface area contributed by atoms with Gasteiger partial charge in [0.2, 0.25) is 11.1 Å². The first-order valence-electron chi connectivity index (χ1n) is 8.80. The molecule has 16 heteroatoms. The molecule has 2 aromatic heterocycles. The van der Waals surface area contributed by atoms with Crippen molar-refractivity contribution in [3.8, 4) is 0 Å². The number of nitrogen functional groups attached to an aromatic ring is 1. The van der Waals surface area contributed by atoms with Gasteiger partial charge in [-0.1, -0.05) is 11.8 Å². The van der Waals surface area contributed by atoms with E-state index in [4.69, 9.17) is 11.5 Å². The lowest BCUT2D eigenvalue weighted by molar-refractivity contribution is -0.150. The molecule has 2 aliphatic rings. The van der Waals surface area contributed by atoms with E-state index in [9.17, 15) is 19.5 Å². The number of carbonyl (C=O) groups is 3. The largest absolute Gasteiger partial charge is 0.477 e. The van der Waals surface area contributed by atoms with Crippen molar-refractivity contribution in [2.45, 2.75) is 22.6 Å². The lowest BCUT2D eigenvalue weighted by Gasteiger charge is -2.49. The maximum atomic E-state index is 12.7. The van der Waals surface area contributed by atoms with Crippen LogP contribution in [0, 0.1) is 0 Å². The number of nitrogens with two attached hydrogens (primary N) is 2. The van der Waals surface area contributed by atoms with Gasteiger partial charge in [-0.05, 0) is 16.0 Å². The highest BCUT2D eigenvalue weighted by Gasteiger charge is 2.54. The number of carboxylic acid groups (broad SMARTS) is 1. The molecule has 13 nitrogen and oxygen atoms in total. The molecule has 0 spiro atoms. The third kappa shape index (κ3) is 3.98. The zero-order chi connectivity index (χ0) is 22.3. The number of thioether (sulfide) groups is 2. The second-order valence-corrected chi connectivity index (χ2v) is 9.55. The van der Waals surface area contributed by atoms with Gasteiger partial charge in [0, 0.05) is 23.9 Å². The van der Waals surface area contributed by atoms with Gasteiger partial charge in [-0.15, -0.1) is 28.2 Å². The Morgan fingerprint density at radius 1 is 1.48 bits per heavy atom. The van der Waals surface area contributed by atoms with Crippen LogP contribution in [0.4, 0.5) is 5.13 Å². The van der Waals surface area contributed by atoms with Gasteiger partial charge in [0.1, 0.15) is 23.2 Å². The Kier molecular flexibility index (Phi) is 5.87. The molecule has 3 atom stereocenters. The van der Waals surface area contributed by atoms with Crippen LogP contribution in [0.5, 0.6) is 0 Å². The predicted octanol–water partition coefficient (Wildman–Crippen LogP) is -1.22. The molecule has 0 aliphatic carbocycles. The first kappa shape index (κ1) is 21.5. The van der Waals surface area contributed by atoms with E-state index in [2.05, 4.69) is 25.8 Å². The number of tetrazole rings is 1. The number of aryl methyl sites for hydroxylation is 1. The van der Waals surface area contributed by atoms with Crippen LogP contribution in [0.25, 0.3) is 0 Å². The molecule has 4 rings (SSSR count). The van der Waals surface area contributed by atoms with Crippen molar-refractivity contribution in [1.82, 2.24) is 35.4 Å². The summed E-state index contributed by atoms with van der Waals surface area (Å²) < 4.78 is 1.48. The molecule has 0 saturated carbocycles. The van der Waals surface area contributed by atoms with Crippen LogP contribution < -0.4 is 16.8 Å². The smallest absolute Gasteiger partial charge is 0.352 e. The molecule has 0 radical (unpaired) electrons. The van der Waals surface area contributed by atoms with Gasteiger partial charge in [0.05, 0.1) is 5.69 Å². The van der Waals surface area contributed by atoms with E-state index in [-0.39, 0.29) is 10.8 Å². The van der Waals surface area contributed by atoms with Crippen molar-refractivity contribution >= 4 is 57.8 Å². The Bertz CT molecular complexity index is 1080. The van der Waals surface area contributed by atoms with E-state index in [1.54, 1.807) is 12.4 Å². The maximum Gasteiger partial charge on any atom is 0.352 e. The number of carbonyl (C=O) groups excluding carboxylic acids is 2. The average molecular weight is 484 g/mol. The first-order chi connectivity index (χ1) is 14.8. The topological polar surface area (TPSA) is 195 Å². The summed E-state index contributed by atoms with van der Waals surface area (Å²) in [6.07, 6.45) is 0. The second kappa shape index (κ2) is 8.45. The minimum Gasteiger partial charge on any atom is -0.477 e. The van der Waals surface area contributed by atoms with Crippen LogP contribution in [-0.2, 0) is 21.4 Å². The van der Waals surface area contributed by atoms with Gasteiger partial charge >= 0.3 is 5.97 Å². The maximum absolute atomic E-state index is 12.7. The predicted molar refractivity (Wildman–Crippen MR) is 113 cm³/mol. The van der Waals surface area contributed by atoms with E-state index in [0.29, 0.717) is 27.9 Å². The lowest BCUT2D eigenvalue weighted by Crippen LogP contribution is -2.71. The SMILES string of the molecule is Cn1nnnc1SCC1=C(C(=O)O)N2C(=O)[C@@H](NC(=O)C(N)c3csc(N)n3)[C@H]2SC1. The summed E-state index contributed by atoms with van der Waals surface area (Å²) in [4.78, 5) is 42.3. The molecule has 2 aromatic rings. The van der Waals surface area contributed by atoms with Crippen LogP contribution in [0.15, 0.2) is 21.8 Å². The molecule has 31 heavy (non-hydrogen) atoms. The van der Waals surface area contributed by atoms with Gasteiger partial charge in [-0.2, -0.15) is 0 Å². The number of anilines is 1. The summed E-state index contributed by atoms with van der Waals surface area (Å²) in [5.41, 5.74) is 12.3. The number of thiazole rings is 1. The Morgan fingerprint density at radius 3 is 2.87 bits per heavy atom. The monoisotopic (exact) mass is 483 g/mol. The van der Waals surface area contributed by atoms with E-state index < -0.39 is 35.2 Å². The lowest BCUT2D eigenvalue weighted by atomic mass is 10.0. The van der Waals surface area contributed by atoms with Gasteiger partial charge in [-0.25, -0.2) is 14.5 Å². The molecule has 2 amide bonds. The number of hydrogen-bond donors (Lipinski definition) is 4. The van der Waals surface area contributed by atoms with E-state index in [0.717, 1.165) is 11.3 Å². The molecule has 2 aliphatic heterocycles. The number of β-lactam (4-membered cyclic amide) rings is 1. The number of amides is 2. The van der Waals surface area contributed by atoms with Gasteiger partial charge in [0.25, 0.3) is 5.91 Å². The minimum absolute atomic E-state index is 0.0709. The van der Waals surface area contributed by atoms with Crippen molar-refractivity contribution in [2.75, 3.05) is 17.2 Å². The summed E-state index contributed by atoms with van der Waals surface area (Å²) in [6, 6.07) is -1.95. The zero-order valence-electron chi connectivity index (χ0n) is 16.0.